The number of thiophene rings is 1. The van der Waals surface area contributed by atoms with Crippen LogP contribution >= 0.6 is 27.3 Å². The monoisotopic (exact) mass is 310 g/mol. The molecule has 3 heteroatoms. The van der Waals surface area contributed by atoms with Gasteiger partial charge in [0.2, 0.25) is 0 Å². The van der Waals surface area contributed by atoms with Gasteiger partial charge in [-0.25, -0.2) is 0 Å². The van der Waals surface area contributed by atoms with Crippen LogP contribution in [0.25, 0.3) is 0 Å². The van der Waals surface area contributed by atoms with E-state index in [1.165, 1.54) is 4.88 Å². The van der Waals surface area contributed by atoms with Crippen LogP contribution in [0.5, 0.6) is 0 Å². The lowest BCUT2D eigenvalue weighted by molar-refractivity contribution is 0.182. The highest BCUT2D eigenvalue weighted by molar-refractivity contribution is 9.10. The minimum absolute atomic E-state index is 0.404. The molecule has 0 radical (unpaired) electrons. The molecule has 0 spiro atoms. The predicted octanol–water partition coefficient (Wildman–Crippen LogP) is 4.35. The average Bonchev–Trinajstić information content (AvgIpc) is 2.81. The fraction of sp³-hybridized carbons (Fsp3) is 0.286. The molecule has 1 N–H and O–H groups in total. The van der Waals surface area contributed by atoms with Crippen LogP contribution in [0.15, 0.2) is 40.9 Å². The molecule has 1 aromatic heterocycles. The molecule has 0 saturated heterocycles. The van der Waals surface area contributed by atoms with Crippen molar-refractivity contribution in [1.29, 1.82) is 0 Å². The molecule has 0 bridgehead atoms. The molecule has 0 fully saturated rings. The molecule has 0 amide bonds. The number of rotatable bonds is 4. The molecule has 0 aliphatic heterocycles. The quantitative estimate of drug-likeness (QED) is 0.890. The fourth-order valence-electron chi connectivity index (χ4n) is 1.74. The molecule has 0 aliphatic carbocycles. The van der Waals surface area contributed by atoms with E-state index in [1.807, 2.05) is 30.3 Å². The highest BCUT2D eigenvalue weighted by Gasteiger charge is 2.12. The van der Waals surface area contributed by atoms with Gasteiger partial charge < -0.3 is 5.11 Å². The van der Waals surface area contributed by atoms with Crippen molar-refractivity contribution in [1.82, 2.24) is 0 Å². The van der Waals surface area contributed by atoms with E-state index in [1.54, 1.807) is 11.3 Å². The zero-order valence-corrected chi connectivity index (χ0v) is 12.1. The van der Waals surface area contributed by atoms with E-state index in [0.29, 0.717) is 6.42 Å². The molecule has 1 atom stereocenters. The Morgan fingerprint density at radius 2 is 2.00 bits per heavy atom. The zero-order chi connectivity index (χ0) is 12.3. The second-order valence-electron chi connectivity index (χ2n) is 3.97. The lowest BCUT2D eigenvalue weighted by Gasteiger charge is -2.09. The largest absolute Gasteiger partial charge is 0.387 e. The van der Waals surface area contributed by atoms with Gasteiger partial charge in [0.1, 0.15) is 0 Å². The lowest BCUT2D eigenvalue weighted by Crippen LogP contribution is -2.00. The molecule has 2 rings (SSSR count). The van der Waals surface area contributed by atoms with E-state index in [0.717, 1.165) is 21.3 Å². The highest BCUT2D eigenvalue weighted by Crippen LogP contribution is 2.28. The minimum atomic E-state index is -0.404. The summed E-state index contributed by atoms with van der Waals surface area (Å²) in [6, 6.07) is 12.2. The van der Waals surface area contributed by atoms with Gasteiger partial charge in [-0.2, -0.15) is 0 Å². The van der Waals surface area contributed by atoms with E-state index in [4.69, 9.17) is 0 Å². The fourth-order valence-corrected chi connectivity index (χ4v) is 3.12. The molecule has 1 nitrogen and oxygen atoms in total. The molecule has 0 saturated carbocycles. The van der Waals surface area contributed by atoms with Gasteiger partial charge in [0, 0.05) is 20.6 Å². The summed E-state index contributed by atoms with van der Waals surface area (Å²) in [5.41, 5.74) is 1.14. The van der Waals surface area contributed by atoms with Gasteiger partial charge in [-0.05, 0) is 30.2 Å². The van der Waals surface area contributed by atoms with Crippen molar-refractivity contribution in [3.8, 4) is 0 Å². The van der Waals surface area contributed by atoms with Gasteiger partial charge in [0.25, 0.3) is 0 Å². The summed E-state index contributed by atoms with van der Waals surface area (Å²) < 4.78 is 1.06. The molecular formula is C14H15BrOS. The Hall–Kier alpha value is -0.640. The van der Waals surface area contributed by atoms with Crippen LogP contribution in [-0.2, 0) is 12.8 Å². The summed E-state index contributed by atoms with van der Waals surface area (Å²) in [6.07, 6.45) is 1.29. The molecule has 17 heavy (non-hydrogen) atoms. The van der Waals surface area contributed by atoms with Crippen LogP contribution in [0.2, 0.25) is 0 Å². The summed E-state index contributed by atoms with van der Waals surface area (Å²) in [5.74, 6) is 0. The number of halogens is 1. The maximum absolute atomic E-state index is 10.2. The molecule has 1 aromatic carbocycles. The second kappa shape index (κ2) is 5.80. The summed E-state index contributed by atoms with van der Waals surface area (Å²) in [4.78, 5) is 2.38. The van der Waals surface area contributed by atoms with Crippen molar-refractivity contribution >= 4 is 27.3 Å². The third-order valence-corrected chi connectivity index (χ3v) is 4.83. The highest BCUT2D eigenvalue weighted by atomic mass is 79.9. The van der Waals surface area contributed by atoms with Gasteiger partial charge in [-0.1, -0.05) is 41.1 Å². The number of hydrogen-bond acceptors (Lipinski definition) is 2. The van der Waals surface area contributed by atoms with Crippen molar-refractivity contribution in [2.24, 2.45) is 0 Å². The Bertz CT molecular complexity index is 492. The van der Waals surface area contributed by atoms with Crippen LogP contribution in [0.4, 0.5) is 0 Å². The molecule has 1 unspecified atom stereocenters. The molecule has 90 valence electrons. The van der Waals surface area contributed by atoms with Gasteiger partial charge in [-0.3, -0.25) is 0 Å². The number of aliphatic hydroxyl groups excluding tert-OH is 1. The van der Waals surface area contributed by atoms with Crippen molar-refractivity contribution in [3.05, 3.63) is 56.2 Å². The zero-order valence-electron chi connectivity index (χ0n) is 9.69. The first kappa shape index (κ1) is 12.8. The Labute approximate surface area is 114 Å². The van der Waals surface area contributed by atoms with Crippen molar-refractivity contribution in [2.75, 3.05) is 0 Å². The first-order valence-corrected chi connectivity index (χ1v) is 7.31. The SMILES string of the molecule is CCc1ccc(C(O)Cc2ccccc2Br)s1. The second-order valence-corrected chi connectivity index (χ2v) is 6.02. The van der Waals surface area contributed by atoms with E-state index in [-0.39, 0.29) is 0 Å². The van der Waals surface area contributed by atoms with E-state index in [9.17, 15) is 5.11 Å². The topological polar surface area (TPSA) is 20.2 Å². The molecule has 1 heterocycles. The maximum atomic E-state index is 10.2. The van der Waals surface area contributed by atoms with Crippen LogP contribution in [0.1, 0.15) is 28.3 Å². The van der Waals surface area contributed by atoms with E-state index < -0.39 is 6.10 Å². The lowest BCUT2D eigenvalue weighted by atomic mass is 10.1. The normalized spacial score (nSPS) is 12.6. The Morgan fingerprint density at radius 3 is 2.65 bits per heavy atom. The average molecular weight is 311 g/mol. The van der Waals surface area contributed by atoms with Crippen LogP contribution in [0, 0.1) is 0 Å². The first-order chi connectivity index (χ1) is 8.20. The standard InChI is InChI=1S/C14H15BrOS/c1-2-11-7-8-14(17-11)13(16)9-10-5-3-4-6-12(10)15/h3-8,13,16H,2,9H2,1H3. The number of aryl methyl sites for hydroxylation is 1. The predicted molar refractivity (Wildman–Crippen MR) is 76.5 cm³/mol. The minimum Gasteiger partial charge on any atom is -0.387 e. The smallest absolute Gasteiger partial charge is 0.0922 e. The third-order valence-electron chi connectivity index (χ3n) is 2.73. The van der Waals surface area contributed by atoms with E-state index in [2.05, 4.69) is 28.9 Å². The van der Waals surface area contributed by atoms with Gasteiger partial charge in [0.05, 0.1) is 6.10 Å². The summed E-state index contributed by atoms with van der Waals surface area (Å²) in [7, 11) is 0. The first-order valence-electron chi connectivity index (χ1n) is 5.70. The summed E-state index contributed by atoms with van der Waals surface area (Å²) >= 11 is 5.21. The van der Waals surface area contributed by atoms with Crippen molar-refractivity contribution in [2.45, 2.75) is 25.9 Å². The maximum Gasteiger partial charge on any atom is 0.0922 e. The third kappa shape index (κ3) is 3.18. The van der Waals surface area contributed by atoms with Gasteiger partial charge >= 0.3 is 0 Å². The number of benzene rings is 1. The molecule has 2 aromatic rings. The van der Waals surface area contributed by atoms with E-state index >= 15 is 0 Å². The van der Waals surface area contributed by atoms with Crippen LogP contribution < -0.4 is 0 Å². The Kier molecular flexibility index (Phi) is 4.37. The summed E-state index contributed by atoms with van der Waals surface area (Å²) in [5, 5.41) is 10.2. The number of hydrogen-bond donors (Lipinski definition) is 1. The van der Waals surface area contributed by atoms with Crippen LogP contribution in [0.3, 0.4) is 0 Å². The molecular weight excluding hydrogens is 296 g/mol. The Morgan fingerprint density at radius 1 is 1.24 bits per heavy atom. The summed E-state index contributed by atoms with van der Waals surface area (Å²) in [6.45, 7) is 2.13. The molecule has 0 aliphatic rings. The van der Waals surface area contributed by atoms with Crippen LogP contribution in [-0.4, -0.2) is 5.11 Å². The van der Waals surface area contributed by atoms with Gasteiger partial charge in [0.15, 0.2) is 0 Å². The van der Waals surface area contributed by atoms with Crippen molar-refractivity contribution in [3.63, 3.8) is 0 Å². The Balaban J connectivity index is 2.11. The number of aliphatic hydroxyl groups is 1. The van der Waals surface area contributed by atoms with Crippen molar-refractivity contribution < 1.29 is 5.11 Å². The van der Waals surface area contributed by atoms with Gasteiger partial charge in [-0.15, -0.1) is 11.3 Å².